The van der Waals surface area contributed by atoms with Crippen molar-refractivity contribution in [3.8, 4) is 22.6 Å². The fourth-order valence-corrected chi connectivity index (χ4v) is 4.21. The molecule has 1 aromatic heterocycles. The summed E-state index contributed by atoms with van der Waals surface area (Å²) < 4.78 is 13.0. The highest BCUT2D eigenvalue weighted by atomic mass is 16.5. The summed E-state index contributed by atoms with van der Waals surface area (Å²) in [6.07, 6.45) is 2.66. The normalized spacial score (nSPS) is 10.9. The Balaban J connectivity index is 2.04. The number of nitrogens with two attached hydrogens (primary N) is 1. The Bertz CT molecular complexity index is 1070. The van der Waals surface area contributed by atoms with Gasteiger partial charge in [0.15, 0.2) is 11.5 Å². The van der Waals surface area contributed by atoms with Crippen LogP contribution in [0.2, 0.25) is 0 Å². The van der Waals surface area contributed by atoms with Crippen molar-refractivity contribution in [2.75, 3.05) is 14.2 Å². The highest BCUT2D eigenvalue weighted by molar-refractivity contribution is 6.02. The molecule has 5 heteroatoms. The van der Waals surface area contributed by atoms with Gasteiger partial charge < -0.3 is 19.8 Å². The first-order valence-corrected chi connectivity index (χ1v) is 10.7. The SMILES string of the molecule is CCCc1c(-c2ccc(C)cc2)c(C(N)=O)c(C)n1CCc1ccc(OC)c(OC)c1. The molecule has 0 unspecified atom stereocenters. The van der Waals surface area contributed by atoms with E-state index in [-0.39, 0.29) is 5.91 Å². The van der Waals surface area contributed by atoms with Gasteiger partial charge in [-0.05, 0) is 49.9 Å². The second-order valence-corrected chi connectivity index (χ2v) is 7.85. The quantitative estimate of drug-likeness (QED) is 0.525. The summed E-state index contributed by atoms with van der Waals surface area (Å²) in [4.78, 5) is 12.5. The van der Waals surface area contributed by atoms with Gasteiger partial charge in [-0.1, -0.05) is 49.2 Å². The number of amides is 1. The van der Waals surface area contributed by atoms with Gasteiger partial charge in [0.25, 0.3) is 5.91 Å². The lowest BCUT2D eigenvalue weighted by Crippen LogP contribution is -2.14. The fourth-order valence-electron chi connectivity index (χ4n) is 4.21. The summed E-state index contributed by atoms with van der Waals surface area (Å²) in [6.45, 7) is 6.96. The van der Waals surface area contributed by atoms with E-state index in [4.69, 9.17) is 15.2 Å². The van der Waals surface area contributed by atoms with E-state index in [1.54, 1.807) is 14.2 Å². The molecule has 5 nitrogen and oxygen atoms in total. The molecule has 1 heterocycles. The van der Waals surface area contributed by atoms with Crippen LogP contribution in [0.5, 0.6) is 11.5 Å². The Morgan fingerprint density at radius 2 is 1.65 bits per heavy atom. The molecule has 0 aliphatic carbocycles. The monoisotopic (exact) mass is 420 g/mol. The average molecular weight is 421 g/mol. The van der Waals surface area contributed by atoms with Crippen LogP contribution in [0.25, 0.3) is 11.1 Å². The highest BCUT2D eigenvalue weighted by Crippen LogP contribution is 2.34. The van der Waals surface area contributed by atoms with Crippen LogP contribution in [0.4, 0.5) is 0 Å². The zero-order valence-corrected chi connectivity index (χ0v) is 19.1. The van der Waals surface area contributed by atoms with Crippen molar-refractivity contribution in [3.63, 3.8) is 0 Å². The number of carbonyl (C=O) groups excluding carboxylic acids is 1. The number of aryl methyl sites for hydroxylation is 2. The second-order valence-electron chi connectivity index (χ2n) is 7.85. The Hall–Kier alpha value is -3.21. The maximum atomic E-state index is 12.5. The summed E-state index contributed by atoms with van der Waals surface area (Å²) >= 11 is 0. The zero-order chi connectivity index (χ0) is 22.5. The van der Waals surface area contributed by atoms with Gasteiger partial charge in [-0.25, -0.2) is 0 Å². The molecule has 0 atom stereocenters. The van der Waals surface area contributed by atoms with Crippen LogP contribution in [0.1, 0.15) is 46.2 Å². The Kier molecular flexibility index (Phi) is 7.06. The van der Waals surface area contributed by atoms with E-state index < -0.39 is 0 Å². The van der Waals surface area contributed by atoms with E-state index in [2.05, 4.69) is 48.7 Å². The predicted molar refractivity (Wildman–Crippen MR) is 125 cm³/mol. The molecule has 2 aromatic carbocycles. The lowest BCUT2D eigenvalue weighted by molar-refractivity contribution is 0.1000. The summed E-state index contributed by atoms with van der Waals surface area (Å²) in [7, 11) is 3.28. The molecule has 3 rings (SSSR count). The summed E-state index contributed by atoms with van der Waals surface area (Å²) in [5, 5.41) is 0. The van der Waals surface area contributed by atoms with Crippen molar-refractivity contribution < 1.29 is 14.3 Å². The molecule has 0 bridgehead atoms. The molecular weight excluding hydrogens is 388 g/mol. The summed E-state index contributed by atoms with van der Waals surface area (Å²) in [5.41, 5.74) is 12.9. The minimum atomic E-state index is -0.379. The first-order chi connectivity index (χ1) is 14.9. The third kappa shape index (κ3) is 4.61. The van der Waals surface area contributed by atoms with Crippen molar-refractivity contribution in [2.24, 2.45) is 5.73 Å². The van der Waals surface area contributed by atoms with E-state index in [1.807, 2.05) is 19.1 Å². The van der Waals surface area contributed by atoms with Gasteiger partial charge in [-0.2, -0.15) is 0 Å². The molecule has 0 saturated carbocycles. The van der Waals surface area contributed by atoms with E-state index >= 15 is 0 Å². The Morgan fingerprint density at radius 1 is 0.968 bits per heavy atom. The minimum absolute atomic E-state index is 0.379. The lowest BCUT2D eigenvalue weighted by Gasteiger charge is -2.14. The Morgan fingerprint density at radius 3 is 2.23 bits per heavy atom. The smallest absolute Gasteiger partial charge is 0.251 e. The number of primary amides is 1. The summed E-state index contributed by atoms with van der Waals surface area (Å²) in [5.74, 6) is 1.05. The molecule has 31 heavy (non-hydrogen) atoms. The molecule has 3 aromatic rings. The van der Waals surface area contributed by atoms with E-state index in [0.29, 0.717) is 11.3 Å². The van der Waals surface area contributed by atoms with Gasteiger partial charge in [-0.3, -0.25) is 4.79 Å². The van der Waals surface area contributed by atoms with Gasteiger partial charge in [0, 0.05) is 23.5 Å². The van der Waals surface area contributed by atoms with E-state index in [0.717, 1.165) is 59.6 Å². The van der Waals surface area contributed by atoms with Crippen molar-refractivity contribution in [3.05, 3.63) is 70.5 Å². The second kappa shape index (κ2) is 9.73. The number of methoxy groups -OCH3 is 2. The largest absolute Gasteiger partial charge is 0.493 e. The third-order valence-corrected chi connectivity index (χ3v) is 5.78. The standard InChI is InChI=1S/C26H32N2O3/c1-6-7-21-25(20-11-8-17(2)9-12-20)24(26(27)29)18(3)28(21)15-14-19-10-13-22(30-4)23(16-19)31-5/h8-13,16H,6-7,14-15H2,1-5H3,(H2,27,29). The number of rotatable bonds is 9. The molecule has 0 fully saturated rings. The van der Waals surface area contributed by atoms with Gasteiger partial charge in [0.05, 0.1) is 19.8 Å². The Labute approximate surface area is 184 Å². The topological polar surface area (TPSA) is 66.5 Å². The van der Waals surface area contributed by atoms with Gasteiger partial charge in [0.1, 0.15) is 0 Å². The predicted octanol–water partition coefficient (Wildman–Crippen LogP) is 5.08. The van der Waals surface area contributed by atoms with Crippen molar-refractivity contribution in [2.45, 2.75) is 46.6 Å². The maximum Gasteiger partial charge on any atom is 0.251 e. The van der Waals surface area contributed by atoms with Crippen molar-refractivity contribution in [1.82, 2.24) is 4.57 Å². The fraction of sp³-hybridized carbons (Fsp3) is 0.346. The number of benzene rings is 2. The van der Waals surface area contributed by atoms with Gasteiger partial charge in [-0.15, -0.1) is 0 Å². The molecule has 2 N–H and O–H groups in total. The maximum absolute atomic E-state index is 12.5. The van der Waals surface area contributed by atoms with Crippen LogP contribution in [0.15, 0.2) is 42.5 Å². The first kappa shape index (κ1) is 22.5. The molecule has 0 spiro atoms. The number of carbonyl (C=O) groups is 1. The van der Waals surface area contributed by atoms with Crippen LogP contribution < -0.4 is 15.2 Å². The molecule has 0 aliphatic rings. The molecule has 0 aliphatic heterocycles. The number of aromatic nitrogens is 1. The highest BCUT2D eigenvalue weighted by Gasteiger charge is 2.24. The van der Waals surface area contributed by atoms with E-state index in [1.165, 1.54) is 5.56 Å². The van der Waals surface area contributed by atoms with Crippen LogP contribution in [-0.4, -0.2) is 24.7 Å². The number of ether oxygens (including phenoxy) is 2. The molecule has 0 radical (unpaired) electrons. The average Bonchev–Trinajstić information content (AvgIpc) is 3.04. The van der Waals surface area contributed by atoms with Crippen molar-refractivity contribution >= 4 is 5.91 Å². The molecule has 164 valence electrons. The van der Waals surface area contributed by atoms with Crippen LogP contribution in [0.3, 0.4) is 0 Å². The molecule has 1 amide bonds. The van der Waals surface area contributed by atoms with Crippen LogP contribution in [-0.2, 0) is 19.4 Å². The minimum Gasteiger partial charge on any atom is -0.493 e. The van der Waals surface area contributed by atoms with E-state index in [9.17, 15) is 4.79 Å². The number of nitrogens with zero attached hydrogens (tertiary/aromatic N) is 1. The van der Waals surface area contributed by atoms with Crippen LogP contribution >= 0.6 is 0 Å². The van der Waals surface area contributed by atoms with Crippen LogP contribution in [0, 0.1) is 13.8 Å². The van der Waals surface area contributed by atoms with Gasteiger partial charge in [0.2, 0.25) is 0 Å². The zero-order valence-electron chi connectivity index (χ0n) is 19.1. The van der Waals surface area contributed by atoms with Crippen molar-refractivity contribution in [1.29, 1.82) is 0 Å². The first-order valence-electron chi connectivity index (χ1n) is 10.7. The lowest BCUT2D eigenvalue weighted by atomic mass is 9.97. The third-order valence-electron chi connectivity index (χ3n) is 5.78. The molecular formula is C26H32N2O3. The molecule has 0 saturated heterocycles. The number of hydrogen-bond acceptors (Lipinski definition) is 3. The summed E-state index contributed by atoms with van der Waals surface area (Å²) in [6, 6.07) is 14.3. The van der Waals surface area contributed by atoms with Gasteiger partial charge >= 0.3 is 0 Å². The number of hydrogen-bond donors (Lipinski definition) is 1.